The van der Waals surface area contributed by atoms with Crippen molar-refractivity contribution in [2.45, 2.75) is 44.2 Å². The standard InChI is InChI=1S/C15H26N2O3S/c1-6-13-8-7-12(10-16-4)9-14(13)21(18,19)17-15(2,3)11-20-5/h7-9,16-17H,6,10-11H2,1-5H3. The van der Waals surface area contributed by atoms with E-state index in [2.05, 4.69) is 10.0 Å². The lowest BCUT2D eigenvalue weighted by Gasteiger charge is -2.25. The molecular formula is C15H26N2O3S. The summed E-state index contributed by atoms with van der Waals surface area (Å²) >= 11 is 0. The van der Waals surface area contributed by atoms with Crippen LogP contribution in [0.3, 0.4) is 0 Å². The first-order valence-electron chi connectivity index (χ1n) is 7.05. The van der Waals surface area contributed by atoms with Crippen LogP contribution >= 0.6 is 0 Å². The molecule has 0 fully saturated rings. The van der Waals surface area contributed by atoms with Gasteiger partial charge in [-0.05, 0) is 44.5 Å². The maximum atomic E-state index is 12.7. The summed E-state index contributed by atoms with van der Waals surface area (Å²) in [5, 5.41) is 3.03. The molecule has 6 heteroatoms. The topological polar surface area (TPSA) is 67.4 Å². The summed E-state index contributed by atoms with van der Waals surface area (Å²) in [6.07, 6.45) is 0.667. The number of aryl methyl sites for hydroxylation is 1. The van der Waals surface area contributed by atoms with E-state index in [1.807, 2.05) is 26.1 Å². The summed E-state index contributed by atoms with van der Waals surface area (Å²) in [4.78, 5) is 0.349. The van der Waals surface area contributed by atoms with E-state index in [0.717, 1.165) is 11.1 Å². The van der Waals surface area contributed by atoms with E-state index in [1.165, 1.54) is 0 Å². The Balaban J connectivity index is 3.19. The minimum absolute atomic E-state index is 0.309. The minimum Gasteiger partial charge on any atom is -0.383 e. The molecule has 120 valence electrons. The van der Waals surface area contributed by atoms with Gasteiger partial charge in [-0.2, -0.15) is 0 Å². The third-order valence-corrected chi connectivity index (χ3v) is 4.88. The van der Waals surface area contributed by atoms with Crippen LogP contribution in [0.5, 0.6) is 0 Å². The summed E-state index contributed by atoms with van der Waals surface area (Å²) in [5.74, 6) is 0. The molecule has 1 rings (SSSR count). The number of ether oxygens (including phenoxy) is 1. The number of rotatable bonds is 8. The number of nitrogens with one attached hydrogen (secondary N) is 2. The lowest BCUT2D eigenvalue weighted by atomic mass is 10.1. The first-order valence-corrected chi connectivity index (χ1v) is 8.53. The predicted molar refractivity (Wildman–Crippen MR) is 84.9 cm³/mol. The lowest BCUT2D eigenvalue weighted by molar-refractivity contribution is 0.141. The van der Waals surface area contributed by atoms with Gasteiger partial charge in [0, 0.05) is 13.7 Å². The van der Waals surface area contributed by atoms with Crippen LogP contribution in [0, 0.1) is 0 Å². The molecule has 0 saturated carbocycles. The second-order valence-corrected chi connectivity index (χ2v) is 7.40. The molecule has 0 aliphatic rings. The maximum absolute atomic E-state index is 12.7. The predicted octanol–water partition coefficient (Wildman–Crippen LogP) is 1.67. The van der Waals surface area contributed by atoms with Crippen LogP contribution in [-0.4, -0.2) is 34.7 Å². The molecule has 0 spiro atoms. The molecule has 0 aliphatic carbocycles. The molecule has 0 amide bonds. The van der Waals surface area contributed by atoms with Crippen LogP contribution in [0.15, 0.2) is 23.1 Å². The summed E-state index contributed by atoms with van der Waals surface area (Å²) in [7, 11) is -0.190. The van der Waals surface area contributed by atoms with Gasteiger partial charge in [-0.1, -0.05) is 19.1 Å². The zero-order valence-corrected chi connectivity index (χ0v) is 14.3. The third kappa shape index (κ3) is 5.07. The van der Waals surface area contributed by atoms with Crippen LogP contribution in [0.25, 0.3) is 0 Å². The van der Waals surface area contributed by atoms with Crippen molar-refractivity contribution >= 4 is 10.0 Å². The molecule has 1 aromatic carbocycles. The van der Waals surface area contributed by atoms with E-state index in [4.69, 9.17) is 4.74 Å². The third-order valence-electron chi connectivity index (χ3n) is 3.10. The largest absolute Gasteiger partial charge is 0.383 e. The van der Waals surface area contributed by atoms with Gasteiger partial charge in [0.2, 0.25) is 10.0 Å². The molecule has 2 N–H and O–H groups in total. The van der Waals surface area contributed by atoms with Gasteiger partial charge < -0.3 is 10.1 Å². The number of hydrogen-bond donors (Lipinski definition) is 2. The monoisotopic (exact) mass is 314 g/mol. The molecule has 5 nitrogen and oxygen atoms in total. The van der Waals surface area contributed by atoms with E-state index in [0.29, 0.717) is 24.5 Å². The van der Waals surface area contributed by atoms with E-state index in [-0.39, 0.29) is 0 Å². The molecule has 0 heterocycles. The summed E-state index contributed by atoms with van der Waals surface area (Å²) in [5.41, 5.74) is 1.10. The Kier molecular flexibility index (Phi) is 6.34. The highest BCUT2D eigenvalue weighted by Gasteiger charge is 2.27. The molecule has 21 heavy (non-hydrogen) atoms. The van der Waals surface area contributed by atoms with Gasteiger partial charge >= 0.3 is 0 Å². The SMILES string of the molecule is CCc1ccc(CNC)cc1S(=O)(=O)NC(C)(C)COC. The molecule has 0 atom stereocenters. The number of methoxy groups -OCH3 is 1. The Morgan fingerprint density at radius 2 is 1.95 bits per heavy atom. The average molecular weight is 314 g/mol. The van der Waals surface area contributed by atoms with Crippen molar-refractivity contribution in [3.63, 3.8) is 0 Å². The van der Waals surface area contributed by atoms with E-state index in [9.17, 15) is 8.42 Å². The van der Waals surface area contributed by atoms with Crippen molar-refractivity contribution in [2.75, 3.05) is 20.8 Å². The fourth-order valence-electron chi connectivity index (χ4n) is 2.26. The highest BCUT2D eigenvalue weighted by Crippen LogP contribution is 2.20. The number of sulfonamides is 1. The zero-order valence-electron chi connectivity index (χ0n) is 13.5. The second-order valence-electron chi connectivity index (χ2n) is 5.75. The Labute approximate surface area is 128 Å². The highest BCUT2D eigenvalue weighted by molar-refractivity contribution is 7.89. The number of benzene rings is 1. The van der Waals surface area contributed by atoms with Crippen LogP contribution in [0.2, 0.25) is 0 Å². The van der Waals surface area contributed by atoms with Crippen molar-refractivity contribution < 1.29 is 13.2 Å². The van der Waals surface area contributed by atoms with Crippen molar-refractivity contribution in [3.05, 3.63) is 29.3 Å². The minimum atomic E-state index is -3.58. The Morgan fingerprint density at radius 3 is 2.48 bits per heavy atom. The Bertz CT molecular complexity index is 568. The van der Waals surface area contributed by atoms with Gasteiger partial charge in [-0.3, -0.25) is 0 Å². The fraction of sp³-hybridized carbons (Fsp3) is 0.600. The summed E-state index contributed by atoms with van der Waals surface area (Å²) in [6, 6.07) is 5.57. The van der Waals surface area contributed by atoms with Gasteiger partial charge in [0.25, 0.3) is 0 Å². The molecule has 0 aliphatic heterocycles. The molecular weight excluding hydrogens is 288 g/mol. The van der Waals surface area contributed by atoms with Gasteiger partial charge in [-0.15, -0.1) is 0 Å². The smallest absolute Gasteiger partial charge is 0.241 e. The van der Waals surface area contributed by atoms with E-state index < -0.39 is 15.6 Å². The summed E-state index contributed by atoms with van der Waals surface area (Å²) < 4.78 is 33.1. The van der Waals surface area contributed by atoms with Crippen molar-refractivity contribution in [1.29, 1.82) is 0 Å². The second kappa shape index (κ2) is 7.35. The van der Waals surface area contributed by atoms with Gasteiger partial charge in [0.15, 0.2) is 0 Å². The van der Waals surface area contributed by atoms with E-state index >= 15 is 0 Å². The quantitative estimate of drug-likeness (QED) is 0.766. The van der Waals surface area contributed by atoms with Crippen LogP contribution in [0.4, 0.5) is 0 Å². The average Bonchev–Trinajstić information content (AvgIpc) is 2.37. The summed E-state index contributed by atoms with van der Waals surface area (Å²) in [6.45, 7) is 6.50. The number of hydrogen-bond acceptors (Lipinski definition) is 4. The molecule has 0 saturated heterocycles. The maximum Gasteiger partial charge on any atom is 0.241 e. The van der Waals surface area contributed by atoms with Crippen LogP contribution in [-0.2, 0) is 27.7 Å². The van der Waals surface area contributed by atoms with E-state index in [1.54, 1.807) is 27.0 Å². The first-order chi connectivity index (χ1) is 9.75. The highest BCUT2D eigenvalue weighted by atomic mass is 32.2. The zero-order chi connectivity index (χ0) is 16.1. The molecule has 0 aromatic heterocycles. The first kappa shape index (κ1) is 18.1. The molecule has 0 bridgehead atoms. The lowest BCUT2D eigenvalue weighted by Crippen LogP contribution is -2.46. The van der Waals surface area contributed by atoms with Crippen LogP contribution < -0.4 is 10.0 Å². The Morgan fingerprint density at radius 1 is 1.29 bits per heavy atom. The van der Waals surface area contributed by atoms with Gasteiger partial charge in [-0.25, -0.2) is 13.1 Å². The molecule has 0 unspecified atom stereocenters. The fourth-order valence-corrected chi connectivity index (χ4v) is 4.02. The van der Waals surface area contributed by atoms with Crippen LogP contribution in [0.1, 0.15) is 31.9 Å². The van der Waals surface area contributed by atoms with Crippen molar-refractivity contribution in [2.24, 2.45) is 0 Å². The normalized spacial score (nSPS) is 12.6. The van der Waals surface area contributed by atoms with Gasteiger partial charge in [0.1, 0.15) is 0 Å². The van der Waals surface area contributed by atoms with Crippen molar-refractivity contribution in [3.8, 4) is 0 Å². The molecule has 0 radical (unpaired) electrons. The van der Waals surface area contributed by atoms with Gasteiger partial charge in [0.05, 0.1) is 17.0 Å². The Hall–Kier alpha value is -0.950. The molecule has 1 aromatic rings. The van der Waals surface area contributed by atoms with Crippen molar-refractivity contribution in [1.82, 2.24) is 10.0 Å².